The summed E-state index contributed by atoms with van der Waals surface area (Å²) in [5.41, 5.74) is 2.66. The average molecular weight is 391 g/mol. The summed E-state index contributed by atoms with van der Waals surface area (Å²) in [6.45, 7) is 4.11. The molecule has 1 aliphatic rings. The van der Waals surface area contributed by atoms with E-state index in [4.69, 9.17) is 21.7 Å². The first kappa shape index (κ1) is 20.9. The molecule has 0 saturated heterocycles. The number of nitrogens with zero attached hydrogens (tertiary/aromatic N) is 1. The fourth-order valence-electron chi connectivity index (χ4n) is 2.69. The van der Waals surface area contributed by atoms with E-state index in [1.54, 1.807) is 32.0 Å². The second kappa shape index (κ2) is 9.48. The Morgan fingerprint density at radius 2 is 2.07 bits per heavy atom. The topological polar surface area (TPSA) is 79.9 Å². The van der Waals surface area contributed by atoms with Crippen molar-refractivity contribution in [3.63, 3.8) is 0 Å². The number of hydrogen-bond donors (Lipinski definition) is 2. The molecule has 7 nitrogen and oxygen atoms in total. The number of methoxy groups -OCH3 is 1. The van der Waals surface area contributed by atoms with Crippen LogP contribution < -0.4 is 10.6 Å². The van der Waals surface area contributed by atoms with Crippen LogP contribution in [0, 0.1) is 0 Å². The highest BCUT2D eigenvalue weighted by Gasteiger charge is 2.33. The maximum atomic E-state index is 12.7. The number of rotatable bonds is 7. The summed E-state index contributed by atoms with van der Waals surface area (Å²) in [5.74, 6) is -0.510. The molecule has 146 valence electrons. The van der Waals surface area contributed by atoms with Crippen molar-refractivity contribution in [2.45, 2.75) is 26.3 Å². The number of allylic oxidation sites excluding steroid dienone is 1. The number of thiocarbonyl (C=S) groups is 1. The molecule has 27 heavy (non-hydrogen) atoms. The molecule has 0 saturated carbocycles. The highest BCUT2D eigenvalue weighted by Crippen LogP contribution is 2.31. The fourth-order valence-corrected chi connectivity index (χ4v) is 2.95. The van der Waals surface area contributed by atoms with E-state index in [0.717, 1.165) is 5.56 Å². The van der Waals surface area contributed by atoms with Gasteiger partial charge in [0.15, 0.2) is 5.11 Å². The fraction of sp³-hybridized carbons (Fsp3) is 0.421. The Kier molecular flexibility index (Phi) is 7.32. The van der Waals surface area contributed by atoms with E-state index in [-0.39, 0.29) is 12.5 Å². The first-order valence-electron chi connectivity index (χ1n) is 8.69. The van der Waals surface area contributed by atoms with Gasteiger partial charge in [-0.3, -0.25) is 4.79 Å². The van der Waals surface area contributed by atoms with Crippen LogP contribution >= 0.6 is 12.2 Å². The van der Waals surface area contributed by atoms with E-state index in [9.17, 15) is 9.59 Å². The van der Waals surface area contributed by atoms with Crippen molar-refractivity contribution < 1.29 is 19.1 Å². The number of amides is 1. The van der Waals surface area contributed by atoms with Crippen molar-refractivity contribution >= 4 is 34.9 Å². The lowest BCUT2D eigenvalue weighted by Gasteiger charge is -2.35. The molecule has 0 fully saturated rings. The Balaban J connectivity index is 2.37. The predicted octanol–water partition coefficient (Wildman–Crippen LogP) is 2.36. The quantitative estimate of drug-likeness (QED) is 0.420. The molecule has 1 amide bonds. The minimum Gasteiger partial charge on any atom is -0.460 e. The van der Waals surface area contributed by atoms with Gasteiger partial charge in [0.25, 0.3) is 0 Å². The summed E-state index contributed by atoms with van der Waals surface area (Å²) < 4.78 is 10.3. The maximum absolute atomic E-state index is 12.7. The van der Waals surface area contributed by atoms with Crippen molar-refractivity contribution in [1.82, 2.24) is 10.2 Å². The van der Waals surface area contributed by atoms with Gasteiger partial charge in [0, 0.05) is 32.0 Å². The van der Waals surface area contributed by atoms with Crippen LogP contribution in [0.25, 0.3) is 0 Å². The minimum atomic E-state index is -0.470. The maximum Gasteiger partial charge on any atom is 0.338 e. The second-order valence-electron chi connectivity index (χ2n) is 6.10. The smallest absolute Gasteiger partial charge is 0.338 e. The lowest BCUT2D eigenvalue weighted by Crippen LogP contribution is -2.46. The van der Waals surface area contributed by atoms with Crippen molar-refractivity contribution in [1.29, 1.82) is 0 Å². The predicted molar refractivity (Wildman–Crippen MR) is 107 cm³/mol. The largest absolute Gasteiger partial charge is 0.460 e. The molecule has 2 rings (SSSR count). The number of anilines is 1. The van der Waals surface area contributed by atoms with E-state index in [0.29, 0.717) is 35.1 Å². The van der Waals surface area contributed by atoms with Crippen LogP contribution in [0.2, 0.25) is 0 Å². The molecule has 0 spiro atoms. The van der Waals surface area contributed by atoms with Gasteiger partial charge in [0.2, 0.25) is 5.91 Å². The van der Waals surface area contributed by atoms with Gasteiger partial charge in [0.05, 0.1) is 18.2 Å². The summed E-state index contributed by atoms with van der Waals surface area (Å²) in [7, 11) is 3.34. The number of carbonyl (C=O) groups is 2. The molecule has 2 N–H and O–H groups in total. The third kappa shape index (κ3) is 5.05. The van der Waals surface area contributed by atoms with Gasteiger partial charge < -0.3 is 25.0 Å². The Bertz CT molecular complexity index is 763. The summed E-state index contributed by atoms with van der Waals surface area (Å²) in [6.07, 6.45) is 0.386. The van der Waals surface area contributed by atoms with Crippen molar-refractivity contribution in [3.8, 4) is 0 Å². The van der Waals surface area contributed by atoms with E-state index in [1.807, 2.05) is 25.1 Å². The Morgan fingerprint density at radius 1 is 1.33 bits per heavy atom. The van der Waals surface area contributed by atoms with Gasteiger partial charge in [-0.15, -0.1) is 0 Å². The molecule has 1 aromatic carbocycles. The molecule has 0 bridgehead atoms. The number of hydrogen-bond acceptors (Lipinski definition) is 5. The lowest BCUT2D eigenvalue weighted by molar-refractivity contribution is -0.140. The molecule has 1 heterocycles. The Hall–Kier alpha value is -2.45. The zero-order valence-corrected chi connectivity index (χ0v) is 16.8. The van der Waals surface area contributed by atoms with Gasteiger partial charge in [-0.1, -0.05) is 19.1 Å². The van der Waals surface area contributed by atoms with Crippen LogP contribution in [0.1, 0.15) is 31.9 Å². The van der Waals surface area contributed by atoms with Gasteiger partial charge >= 0.3 is 5.97 Å². The Morgan fingerprint density at radius 3 is 2.74 bits per heavy atom. The number of carbonyl (C=O) groups excluding carboxylic acids is 2. The minimum absolute atomic E-state index is 0.0788. The molecule has 0 aliphatic carbocycles. The van der Waals surface area contributed by atoms with Crippen LogP contribution in [-0.4, -0.2) is 49.3 Å². The monoisotopic (exact) mass is 391 g/mol. The highest BCUT2D eigenvalue weighted by atomic mass is 32.1. The zero-order chi connectivity index (χ0) is 20.0. The van der Waals surface area contributed by atoms with Crippen molar-refractivity contribution in [3.05, 3.63) is 41.1 Å². The van der Waals surface area contributed by atoms with Gasteiger partial charge in [0.1, 0.15) is 6.61 Å². The van der Waals surface area contributed by atoms with Gasteiger partial charge in [-0.2, -0.15) is 0 Å². The SMILES string of the molecule is CCC(=O)Nc1cccc(C2NC(=S)N(C)C(C)=C2C(=O)OCCOC)c1. The second-order valence-corrected chi connectivity index (χ2v) is 6.48. The van der Waals surface area contributed by atoms with Crippen LogP contribution in [0.15, 0.2) is 35.5 Å². The highest BCUT2D eigenvalue weighted by molar-refractivity contribution is 7.80. The van der Waals surface area contributed by atoms with Crippen LogP contribution in [0.4, 0.5) is 5.69 Å². The standard InChI is InChI=1S/C19H25N3O4S/c1-5-15(23)20-14-8-6-7-13(11-14)17-16(18(24)26-10-9-25-4)12(2)22(3)19(27)21-17/h6-8,11,17H,5,9-10H2,1-4H3,(H,20,23)(H,21,27). The molecule has 1 unspecified atom stereocenters. The lowest BCUT2D eigenvalue weighted by atomic mass is 9.95. The molecule has 8 heteroatoms. The molecular formula is C19H25N3O4S. The molecule has 1 atom stereocenters. The number of esters is 1. The summed E-state index contributed by atoms with van der Waals surface area (Å²) in [6, 6.07) is 6.87. The van der Waals surface area contributed by atoms with E-state index in [1.165, 1.54) is 0 Å². The molecule has 1 aliphatic heterocycles. The Labute approximate surface area is 164 Å². The average Bonchev–Trinajstić information content (AvgIpc) is 2.66. The van der Waals surface area contributed by atoms with Gasteiger partial charge in [-0.05, 0) is 36.8 Å². The normalized spacial score (nSPS) is 16.8. The van der Waals surface area contributed by atoms with Crippen LogP contribution in [0.3, 0.4) is 0 Å². The molecule has 0 radical (unpaired) electrons. The summed E-state index contributed by atoms with van der Waals surface area (Å²) in [5, 5.41) is 6.52. The number of ether oxygens (including phenoxy) is 2. The van der Waals surface area contributed by atoms with Crippen molar-refractivity contribution in [2.75, 3.05) is 32.7 Å². The van der Waals surface area contributed by atoms with E-state index < -0.39 is 12.0 Å². The van der Waals surface area contributed by atoms with E-state index in [2.05, 4.69) is 10.6 Å². The summed E-state index contributed by atoms with van der Waals surface area (Å²) >= 11 is 5.39. The zero-order valence-electron chi connectivity index (χ0n) is 16.0. The first-order chi connectivity index (χ1) is 12.9. The number of benzene rings is 1. The van der Waals surface area contributed by atoms with E-state index >= 15 is 0 Å². The first-order valence-corrected chi connectivity index (χ1v) is 9.10. The third-order valence-corrected chi connectivity index (χ3v) is 4.71. The molecular weight excluding hydrogens is 366 g/mol. The van der Waals surface area contributed by atoms with Gasteiger partial charge in [-0.25, -0.2) is 4.79 Å². The third-order valence-electron chi connectivity index (χ3n) is 4.32. The molecule has 0 aromatic heterocycles. The van der Waals surface area contributed by atoms with Crippen molar-refractivity contribution in [2.24, 2.45) is 0 Å². The summed E-state index contributed by atoms with van der Waals surface area (Å²) in [4.78, 5) is 26.1. The van der Waals surface area contributed by atoms with Crippen LogP contribution in [0.5, 0.6) is 0 Å². The number of nitrogens with one attached hydrogen (secondary N) is 2. The van der Waals surface area contributed by atoms with Crippen LogP contribution in [-0.2, 0) is 19.1 Å². The molecule has 1 aromatic rings.